The Morgan fingerprint density at radius 1 is 1.08 bits per heavy atom. The van der Waals surface area contributed by atoms with Crippen molar-refractivity contribution in [3.8, 4) is 0 Å². The molecule has 0 spiro atoms. The molecule has 2 N–H and O–H groups in total. The Hall–Kier alpha value is -1.40. The van der Waals surface area contributed by atoms with E-state index in [0.717, 1.165) is 55.4 Å². The van der Waals surface area contributed by atoms with Crippen molar-refractivity contribution in [2.45, 2.75) is 57.5 Å². The second-order valence-corrected chi connectivity index (χ2v) is 6.97. The molecule has 0 radical (unpaired) electrons. The van der Waals surface area contributed by atoms with Gasteiger partial charge in [0.05, 0.1) is 11.6 Å². The Labute approximate surface area is 149 Å². The minimum atomic E-state index is 0. The number of aromatic nitrogens is 4. The van der Waals surface area contributed by atoms with Crippen molar-refractivity contribution >= 4 is 29.4 Å². The average Bonchev–Trinajstić information content (AvgIpc) is 2.99. The number of hydrogen-bond donors (Lipinski definition) is 2. The molecule has 6 nitrogen and oxygen atoms in total. The van der Waals surface area contributed by atoms with Crippen LogP contribution in [0.2, 0.25) is 0 Å². The van der Waals surface area contributed by atoms with Gasteiger partial charge in [-0.15, -0.1) is 12.4 Å². The molecule has 4 rings (SSSR count). The summed E-state index contributed by atoms with van der Waals surface area (Å²) in [4.78, 5) is 9.22. The van der Waals surface area contributed by atoms with E-state index < -0.39 is 0 Å². The zero-order chi connectivity index (χ0) is 15.5. The second-order valence-electron chi connectivity index (χ2n) is 6.97. The van der Waals surface area contributed by atoms with Crippen LogP contribution in [0.3, 0.4) is 0 Å². The average molecular weight is 351 g/mol. The summed E-state index contributed by atoms with van der Waals surface area (Å²) >= 11 is 0. The van der Waals surface area contributed by atoms with E-state index in [1.807, 2.05) is 12.4 Å². The lowest BCUT2D eigenvalue weighted by atomic mass is 9.89. The first kappa shape index (κ1) is 17.4. The molecule has 0 amide bonds. The Morgan fingerprint density at radius 3 is 2.67 bits per heavy atom. The molecular formula is C17H27ClN6. The molecule has 132 valence electrons. The standard InChI is InChI=1S/C17H26N6.ClH/c1-2-4-13(5-3-1)12-23-16-14(11-20-23)10-19-17(22-16)21-15-6-8-18-9-7-15;/h10-11,13,15,18H,1-9,12H2,(H,19,21,22);1H. The van der Waals surface area contributed by atoms with Gasteiger partial charge in [0.15, 0.2) is 5.65 Å². The molecule has 7 heteroatoms. The van der Waals surface area contributed by atoms with E-state index in [9.17, 15) is 0 Å². The molecule has 3 heterocycles. The van der Waals surface area contributed by atoms with Gasteiger partial charge in [-0.25, -0.2) is 9.67 Å². The molecule has 0 bridgehead atoms. The van der Waals surface area contributed by atoms with E-state index in [1.165, 1.54) is 32.1 Å². The molecule has 2 fully saturated rings. The zero-order valence-electron chi connectivity index (χ0n) is 14.1. The molecule has 1 aliphatic carbocycles. The molecule has 1 saturated heterocycles. The summed E-state index contributed by atoms with van der Waals surface area (Å²) in [5.74, 6) is 1.50. The second kappa shape index (κ2) is 8.12. The van der Waals surface area contributed by atoms with Gasteiger partial charge in [0.1, 0.15) is 0 Å². The maximum atomic E-state index is 4.75. The van der Waals surface area contributed by atoms with E-state index in [-0.39, 0.29) is 12.4 Å². The lowest BCUT2D eigenvalue weighted by Gasteiger charge is -2.23. The lowest BCUT2D eigenvalue weighted by molar-refractivity contribution is 0.311. The van der Waals surface area contributed by atoms with Crippen LogP contribution in [0.4, 0.5) is 5.95 Å². The van der Waals surface area contributed by atoms with Crippen molar-refractivity contribution in [2.75, 3.05) is 18.4 Å². The topological polar surface area (TPSA) is 67.7 Å². The summed E-state index contributed by atoms with van der Waals surface area (Å²) in [5.41, 5.74) is 0.974. The number of fused-ring (bicyclic) bond motifs is 1. The fourth-order valence-corrected chi connectivity index (χ4v) is 3.83. The minimum Gasteiger partial charge on any atom is -0.351 e. The van der Waals surface area contributed by atoms with Gasteiger partial charge in [0.25, 0.3) is 0 Å². The van der Waals surface area contributed by atoms with Gasteiger partial charge in [-0.3, -0.25) is 0 Å². The molecule has 24 heavy (non-hydrogen) atoms. The number of rotatable bonds is 4. The monoisotopic (exact) mass is 350 g/mol. The van der Waals surface area contributed by atoms with Crippen LogP contribution < -0.4 is 10.6 Å². The van der Waals surface area contributed by atoms with Crippen molar-refractivity contribution < 1.29 is 0 Å². The lowest BCUT2D eigenvalue weighted by Crippen LogP contribution is -2.35. The third-order valence-corrected chi connectivity index (χ3v) is 5.20. The predicted molar refractivity (Wildman–Crippen MR) is 98.7 cm³/mol. The maximum absolute atomic E-state index is 4.75. The van der Waals surface area contributed by atoms with E-state index >= 15 is 0 Å². The van der Waals surface area contributed by atoms with Crippen LogP contribution in [-0.2, 0) is 6.54 Å². The van der Waals surface area contributed by atoms with Crippen LogP contribution in [0.15, 0.2) is 12.4 Å². The summed E-state index contributed by atoms with van der Waals surface area (Å²) < 4.78 is 2.08. The summed E-state index contributed by atoms with van der Waals surface area (Å²) in [5, 5.41) is 12.5. The predicted octanol–water partition coefficient (Wildman–Crippen LogP) is 2.99. The third kappa shape index (κ3) is 3.98. The van der Waals surface area contributed by atoms with Gasteiger partial charge in [-0.2, -0.15) is 10.1 Å². The number of halogens is 1. The Bertz CT molecular complexity index is 646. The van der Waals surface area contributed by atoms with Gasteiger partial charge in [-0.1, -0.05) is 19.3 Å². The Morgan fingerprint density at radius 2 is 1.88 bits per heavy atom. The summed E-state index contributed by atoms with van der Waals surface area (Å²) in [6, 6.07) is 0.475. The first-order valence-electron chi connectivity index (χ1n) is 9.04. The molecule has 0 atom stereocenters. The van der Waals surface area contributed by atoms with Gasteiger partial charge in [0, 0.05) is 18.8 Å². The third-order valence-electron chi connectivity index (χ3n) is 5.20. The Kier molecular flexibility index (Phi) is 5.89. The molecular weight excluding hydrogens is 324 g/mol. The number of piperidine rings is 1. The minimum absolute atomic E-state index is 0. The van der Waals surface area contributed by atoms with Crippen molar-refractivity contribution in [3.05, 3.63) is 12.4 Å². The van der Waals surface area contributed by atoms with Crippen LogP contribution in [-0.4, -0.2) is 38.9 Å². The molecule has 2 aliphatic rings. The number of hydrogen-bond acceptors (Lipinski definition) is 5. The highest BCUT2D eigenvalue weighted by Gasteiger charge is 2.17. The highest BCUT2D eigenvalue weighted by atomic mass is 35.5. The van der Waals surface area contributed by atoms with Crippen LogP contribution >= 0.6 is 12.4 Å². The first-order chi connectivity index (χ1) is 11.4. The molecule has 2 aromatic heterocycles. The first-order valence-corrected chi connectivity index (χ1v) is 9.04. The largest absolute Gasteiger partial charge is 0.351 e. The molecule has 0 unspecified atom stereocenters. The van der Waals surface area contributed by atoms with Crippen LogP contribution in [0.1, 0.15) is 44.9 Å². The van der Waals surface area contributed by atoms with Gasteiger partial charge < -0.3 is 10.6 Å². The summed E-state index contributed by atoms with van der Waals surface area (Å²) in [7, 11) is 0. The molecule has 1 aliphatic heterocycles. The summed E-state index contributed by atoms with van der Waals surface area (Å²) in [6.45, 7) is 3.13. The highest BCUT2D eigenvalue weighted by Crippen LogP contribution is 2.26. The van der Waals surface area contributed by atoms with E-state index in [2.05, 4.69) is 25.4 Å². The molecule has 1 saturated carbocycles. The van der Waals surface area contributed by atoms with E-state index in [0.29, 0.717) is 6.04 Å². The smallest absolute Gasteiger partial charge is 0.224 e. The van der Waals surface area contributed by atoms with Crippen LogP contribution in [0, 0.1) is 5.92 Å². The zero-order valence-corrected chi connectivity index (χ0v) is 14.9. The van der Waals surface area contributed by atoms with E-state index in [4.69, 9.17) is 4.98 Å². The number of nitrogens with one attached hydrogen (secondary N) is 2. The van der Waals surface area contributed by atoms with Gasteiger partial charge >= 0.3 is 0 Å². The fourth-order valence-electron chi connectivity index (χ4n) is 3.83. The van der Waals surface area contributed by atoms with Crippen LogP contribution in [0.5, 0.6) is 0 Å². The van der Waals surface area contributed by atoms with Gasteiger partial charge in [-0.05, 0) is 44.7 Å². The normalized spacial score (nSPS) is 20.0. The van der Waals surface area contributed by atoms with Crippen molar-refractivity contribution in [3.63, 3.8) is 0 Å². The molecule has 2 aromatic rings. The molecule has 0 aromatic carbocycles. The van der Waals surface area contributed by atoms with Crippen molar-refractivity contribution in [1.82, 2.24) is 25.1 Å². The van der Waals surface area contributed by atoms with Gasteiger partial charge in [0.2, 0.25) is 5.95 Å². The maximum Gasteiger partial charge on any atom is 0.224 e. The number of anilines is 1. The number of nitrogens with zero attached hydrogens (tertiary/aromatic N) is 4. The Balaban J connectivity index is 0.00000169. The van der Waals surface area contributed by atoms with Crippen LogP contribution in [0.25, 0.3) is 11.0 Å². The van der Waals surface area contributed by atoms with Crippen molar-refractivity contribution in [2.24, 2.45) is 5.92 Å². The highest BCUT2D eigenvalue weighted by molar-refractivity contribution is 5.85. The SMILES string of the molecule is Cl.c1nc(NC2CCNCC2)nc2c1cnn2CC1CCCCC1. The van der Waals surface area contributed by atoms with E-state index in [1.54, 1.807) is 0 Å². The fraction of sp³-hybridized carbons (Fsp3) is 0.706. The quantitative estimate of drug-likeness (QED) is 0.887. The summed E-state index contributed by atoms with van der Waals surface area (Å²) in [6.07, 6.45) is 12.8. The van der Waals surface area contributed by atoms with Crippen molar-refractivity contribution in [1.29, 1.82) is 0 Å².